The first kappa shape index (κ1) is 13.9. The number of benzene rings is 1. The molecule has 0 aliphatic carbocycles. The highest BCUT2D eigenvalue weighted by Gasteiger charge is 2.10. The summed E-state index contributed by atoms with van der Waals surface area (Å²) in [5.41, 5.74) is 6.87. The van der Waals surface area contributed by atoms with Crippen molar-refractivity contribution in [1.82, 2.24) is 4.98 Å². The maximum absolute atomic E-state index is 6.01. The van der Waals surface area contributed by atoms with Gasteiger partial charge in [0.2, 0.25) is 0 Å². The van der Waals surface area contributed by atoms with Gasteiger partial charge in [-0.05, 0) is 50.1 Å². The third-order valence-electron chi connectivity index (χ3n) is 3.20. The highest BCUT2D eigenvalue weighted by Crippen LogP contribution is 2.29. The molecule has 0 unspecified atom stereocenters. The van der Waals surface area contributed by atoms with E-state index in [1.165, 1.54) is 16.8 Å². The number of aromatic nitrogens is 1. The largest absolute Gasteiger partial charge is 0.344 e. The number of aryl methyl sites for hydroxylation is 3. The van der Waals surface area contributed by atoms with Crippen LogP contribution in [-0.4, -0.2) is 12.0 Å². The molecule has 2 aromatic rings. The molecule has 100 valence electrons. The summed E-state index contributed by atoms with van der Waals surface area (Å²) in [6.45, 7) is 6.23. The van der Waals surface area contributed by atoms with Gasteiger partial charge in [-0.25, -0.2) is 0 Å². The molecule has 2 rings (SSSR count). The average molecular weight is 275 g/mol. The Labute approximate surface area is 120 Å². The van der Waals surface area contributed by atoms with Crippen molar-refractivity contribution < 1.29 is 0 Å². The van der Waals surface area contributed by atoms with Gasteiger partial charge in [-0.3, -0.25) is 4.98 Å². The molecule has 0 aliphatic heterocycles. The lowest BCUT2D eigenvalue weighted by molar-refractivity contribution is 1.10. The van der Waals surface area contributed by atoms with Gasteiger partial charge in [-0.15, -0.1) is 11.6 Å². The van der Waals surface area contributed by atoms with Crippen molar-refractivity contribution in [2.24, 2.45) is 0 Å². The fourth-order valence-corrected chi connectivity index (χ4v) is 2.48. The van der Waals surface area contributed by atoms with Gasteiger partial charge < -0.3 is 4.90 Å². The van der Waals surface area contributed by atoms with Crippen LogP contribution in [-0.2, 0) is 5.88 Å². The number of alkyl halides is 1. The average Bonchev–Trinajstić information content (AvgIpc) is 2.36. The number of anilines is 2. The van der Waals surface area contributed by atoms with E-state index in [4.69, 9.17) is 11.6 Å². The summed E-state index contributed by atoms with van der Waals surface area (Å²) in [5, 5.41) is 0. The van der Waals surface area contributed by atoms with E-state index in [0.717, 1.165) is 16.9 Å². The summed E-state index contributed by atoms with van der Waals surface area (Å²) in [7, 11) is 2.07. The molecule has 2 nitrogen and oxygen atoms in total. The molecular weight excluding hydrogens is 256 g/mol. The molecule has 0 amide bonds. The van der Waals surface area contributed by atoms with Gasteiger partial charge in [0.25, 0.3) is 0 Å². The van der Waals surface area contributed by atoms with Crippen LogP contribution in [0, 0.1) is 20.8 Å². The van der Waals surface area contributed by atoms with Crippen LogP contribution in [0.5, 0.6) is 0 Å². The standard InChI is InChI=1S/C16H19ClN2/c1-11-5-12(2)7-15(6-11)19(4)16-8-13(3)18-10-14(16)9-17/h5-8,10H,9H2,1-4H3. The molecule has 1 aromatic heterocycles. The van der Waals surface area contributed by atoms with E-state index >= 15 is 0 Å². The van der Waals surface area contributed by atoms with E-state index < -0.39 is 0 Å². The molecule has 0 N–H and O–H groups in total. The van der Waals surface area contributed by atoms with Crippen molar-refractivity contribution in [2.75, 3.05) is 11.9 Å². The van der Waals surface area contributed by atoms with Crippen molar-refractivity contribution >= 4 is 23.0 Å². The summed E-state index contributed by atoms with van der Waals surface area (Å²) < 4.78 is 0. The number of hydrogen-bond acceptors (Lipinski definition) is 2. The lowest BCUT2D eigenvalue weighted by Gasteiger charge is -2.23. The number of halogens is 1. The lowest BCUT2D eigenvalue weighted by atomic mass is 10.1. The second-order valence-electron chi connectivity index (χ2n) is 4.99. The Morgan fingerprint density at radius 2 is 1.68 bits per heavy atom. The van der Waals surface area contributed by atoms with Crippen LogP contribution in [0.15, 0.2) is 30.5 Å². The SMILES string of the molecule is Cc1cc(C)cc(N(C)c2cc(C)ncc2CCl)c1. The van der Waals surface area contributed by atoms with Crippen LogP contribution in [0.1, 0.15) is 22.4 Å². The molecule has 0 bridgehead atoms. The van der Waals surface area contributed by atoms with Crippen molar-refractivity contribution in [3.05, 3.63) is 52.8 Å². The smallest absolute Gasteiger partial charge is 0.0510 e. The van der Waals surface area contributed by atoms with Gasteiger partial charge >= 0.3 is 0 Å². The van der Waals surface area contributed by atoms with E-state index in [-0.39, 0.29) is 0 Å². The van der Waals surface area contributed by atoms with Gasteiger partial charge in [0.1, 0.15) is 0 Å². The van der Waals surface area contributed by atoms with E-state index in [0.29, 0.717) is 5.88 Å². The molecule has 0 fully saturated rings. The Hall–Kier alpha value is -1.54. The van der Waals surface area contributed by atoms with Crippen LogP contribution >= 0.6 is 11.6 Å². The maximum Gasteiger partial charge on any atom is 0.0510 e. The predicted octanol–water partition coefficient (Wildman–Crippen LogP) is 4.51. The van der Waals surface area contributed by atoms with Crippen molar-refractivity contribution in [3.8, 4) is 0 Å². The second kappa shape index (κ2) is 5.62. The third kappa shape index (κ3) is 3.07. The Bertz CT molecular complexity index is 573. The summed E-state index contributed by atoms with van der Waals surface area (Å²) in [4.78, 5) is 6.48. The Kier molecular flexibility index (Phi) is 4.11. The first-order valence-corrected chi connectivity index (χ1v) is 6.88. The zero-order chi connectivity index (χ0) is 14.0. The van der Waals surface area contributed by atoms with Gasteiger partial charge in [0, 0.05) is 35.9 Å². The minimum atomic E-state index is 0.470. The van der Waals surface area contributed by atoms with Crippen LogP contribution in [0.3, 0.4) is 0 Å². The third-order valence-corrected chi connectivity index (χ3v) is 3.49. The number of pyridine rings is 1. The number of hydrogen-bond donors (Lipinski definition) is 0. The van der Waals surface area contributed by atoms with Crippen LogP contribution in [0.4, 0.5) is 11.4 Å². The van der Waals surface area contributed by atoms with E-state index in [1.54, 1.807) is 0 Å². The molecule has 0 saturated heterocycles. The Balaban J connectivity index is 2.48. The highest BCUT2D eigenvalue weighted by atomic mass is 35.5. The molecule has 1 heterocycles. The van der Waals surface area contributed by atoms with Gasteiger partial charge in [-0.2, -0.15) is 0 Å². The van der Waals surface area contributed by atoms with Crippen molar-refractivity contribution in [2.45, 2.75) is 26.7 Å². The topological polar surface area (TPSA) is 16.1 Å². The van der Waals surface area contributed by atoms with Crippen LogP contribution < -0.4 is 4.90 Å². The molecule has 0 atom stereocenters. The molecule has 0 radical (unpaired) electrons. The normalized spacial score (nSPS) is 10.6. The predicted molar refractivity (Wildman–Crippen MR) is 82.5 cm³/mol. The second-order valence-corrected chi connectivity index (χ2v) is 5.26. The summed E-state index contributed by atoms with van der Waals surface area (Å²) in [6, 6.07) is 8.62. The number of nitrogens with zero attached hydrogens (tertiary/aromatic N) is 2. The lowest BCUT2D eigenvalue weighted by Crippen LogP contribution is -2.12. The number of rotatable bonds is 3. The fourth-order valence-electron chi connectivity index (χ4n) is 2.27. The zero-order valence-electron chi connectivity index (χ0n) is 11.9. The van der Waals surface area contributed by atoms with Gasteiger partial charge in [0.05, 0.1) is 5.88 Å². The minimum Gasteiger partial charge on any atom is -0.344 e. The van der Waals surface area contributed by atoms with Gasteiger partial charge in [-0.1, -0.05) is 6.07 Å². The van der Waals surface area contributed by atoms with Crippen molar-refractivity contribution in [3.63, 3.8) is 0 Å². The molecule has 0 aliphatic rings. The monoisotopic (exact) mass is 274 g/mol. The Morgan fingerprint density at radius 3 is 2.26 bits per heavy atom. The van der Waals surface area contributed by atoms with E-state index in [1.807, 2.05) is 13.1 Å². The Morgan fingerprint density at radius 1 is 1.05 bits per heavy atom. The zero-order valence-corrected chi connectivity index (χ0v) is 12.6. The van der Waals surface area contributed by atoms with Crippen LogP contribution in [0.2, 0.25) is 0 Å². The minimum absolute atomic E-state index is 0.470. The maximum atomic E-state index is 6.01. The molecule has 1 aromatic carbocycles. The highest BCUT2D eigenvalue weighted by molar-refractivity contribution is 6.17. The molecule has 0 spiro atoms. The quantitative estimate of drug-likeness (QED) is 0.766. The molecular formula is C16H19ClN2. The van der Waals surface area contributed by atoms with E-state index in [2.05, 4.69) is 55.0 Å². The van der Waals surface area contributed by atoms with Gasteiger partial charge in [0.15, 0.2) is 0 Å². The molecule has 19 heavy (non-hydrogen) atoms. The van der Waals surface area contributed by atoms with Crippen LogP contribution in [0.25, 0.3) is 0 Å². The van der Waals surface area contributed by atoms with Crippen molar-refractivity contribution in [1.29, 1.82) is 0 Å². The summed E-state index contributed by atoms with van der Waals surface area (Å²) >= 11 is 6.01. The fraction of sp³-hybridized carbons (Fsp3) is 0.312. The first-order chi connectivity index (χ1) is 9.01. The molecule has 3 heteroatoms. The van der Waals surface area contributed by atoms with E-state index in [9.17, 15) is 0 Å². The summed E-state index contributed by atoms with van der Waals surface area (Å²) in [6.07, 6.45) is 1.86. The first-order valence-electron chi connectivity index (χ1n) is 6.35. The molecule has 0 saturated carbocycles. The summed E-state index contributed by atoms with van der Waals surface area (Å²) in [5.74, 6) is 0.470.